The van der Waals surface area contributed by atoms with Crippen LogP contribution in [0.5, 0.6) is 0 Å². The van der Waals surface area contributed by atoms with Crippen molar-refractivity contribution in [3.8, 4) is 0 Å². The van der Waals surface area contributed by atoms with Crippen LogP contribution in [0.2, 0.25) is 0 Å². The summed E-state index contributed by atoms with van der Waals surface area (Å²) in [7, 11) is 1.98. The van der Waals surface area contributed by atoms with E-state index in [-0.39, 0.29) is 5.54 Å². The molecule has 0 amide bonds. The normalized spacial score (nSPS) is 22.9. The van der Waals surface area contributed by atoms with Gasteiger partial charge in [-0.3, -0.25) is 0 Å². The molecule has 2 nitrogen and oxygen atoms in total. The van der Waals surface area contributed by atoms with Crippen LogP contribution in [-0.2, 0) is 0 Å². The maximum atomic E-state index is 6.10. The maximum Gasteiger partial charge on any atom is 0.0276 e. The van der Waals surface area contributed by atoms with Gasteiger partial charge in [-0.15, -0.1) is 0 Å². The smallest absolute Gasteiger partial charge is 0.0276 e. The molecule has 1 atom stereocenters. The lowest BCUT2D eigenvalue weighted by atomic mass is 9.73. The van der Waals surface area contributed by atoms with Gasteiger partial charge in [-0.25, -0.2) is 0 Å². The molecule has 0 aromatic carbocycles. The third-order valence-corrected chi connectivity index (χ3v) is 3.14. The molecule has 1 rings (SSSR count). The summed E-state index contributed by atoms with van der Waals surface area (Å²) in [6.45, 7) is 4.35. The van der Waals surface area contributed by atoms with Crippen molar-refractivity contribution in [1.82, 2.24) is 5.32 Å². The molecule has 2 heteroatoms. The van der Waals surface area contributed by atoms with Crippen LogP contribution in [0.3, 0.4) is 0 Å². The van der Waals surface area contributed by atoms with E-state index in [1.165, 1.54) is 19.3 Å². The first-order chi connectivity index (χ1) is 5.08. The molecule has 3 N–H and O–H groups in total. The van der Waals surface area contributed by atoms with Crippen molar-refractivity contribution in [3.05, 3.63) is 0 Å². The van der Waals surface area contributed by atoms with Crippen LogP contribution < -0.4 is 11.1 Å². The highest BCUT2D eigenvalue weighted by molar-refractivity contribution is 4.95. The Morgan fingerprint density at radius 1 is 1.45 bits per heavy atom. The van der Waals surface area contributed by atoms with Crippen LogP contribution in [0.1, 0.15) is 33.1 Å². The van der Waals surface area contributed by atoms with Gasteiger partial charge in [0, 0.05) is 11.6 Å². The molecule has 1 unspecified atom stereocenters. The standard InChI is InChI=1S/C9H20N2/c1-9(2,11-3)8(10)7-5-4-6-7/h7-8,11H,4-6,10H2,1-3H3. The first kappa shape index (κ1) is 9.01. The number of likely N-dealkylation sites (N-methyl/N-ethyl adjacent to an activating group) is 1. The van der Waals surface area contributed by atoms with Gasteiger partial charge >= 0.3 is 0 Å². The van der Waals surface area contributed by atoms with Crippen LogP contribution in [-0.4, -0.2) is 18.6 Å². The topological polar surface area (TPSA) is 38.0 Å². The predicted octanol–water partition coefficient (Wildman–Crippen LogP) is 1.11. The third-order valence-electron chi connectivity index (χ3n) is 3.14. The highest BCUT2D eigenvalue weighted by Gasteiger charge is 2.34. The molecule has 0 saturated heterocycles. The van der Waals surface area contributed by atoms with E-state index < -0.39 is 0 Å². The molecule has 11 heavy (non-hydrogen) atoms. The Morgan fingerprint density at radius 2 is 2.00 bits per heavy atom. The Morgan fingerprint density at radius 3 is 2.27 bits per heavy atom. The van der Waals surface area contributed by atoms with E-state index in [0.717, 1.165) is 5.92 Å². The molecule has 0 spiro atoms. The first-order valence-corrected chi connectivity index (χ1v) is 4.52. The highest BCUT2D eigenvalue weighted by atomic mass is 15.0. The average Bonchev–Trinajstić information content (AvgIpc) is 1.84. The van der Waals surface area contributed by atoms with Crippen LogP contribution in [0.25, 0.3) is 0 Å². The van der Waals surface area contributed by atoms with Crippen molar-refractivity contribution in [1.29, 1.82) is 0 Å². The summed E-state index contributed by atoms with van der Waals surface area (Å²) < 4.78 is 0. The summed E-state index contributed by atoms with van der Waals surface area (Å²) in [4.78, 5) is 0. The fourth-order valence-corrected chi connectivity index (χ4v) is 1.55. The summed E-state index contributed by atoms with van der Waals surface area (Å²) in [6.07, 6.45) is 4.02. The number of nitrogens with one attached hydrogen (secondary N) is 1. The second kappa shape index (κ2) is 3.11. The minimum absolute atomic E-state index is 0.102. The van der Waals surface area contributed by atoms with Gasteiger partial charge in [0.15, 0.2) is 0 Å². The molecule has 1 aliphatic rings. The fourth-order valence-electron chi connectivity index (χ4n) is 1.55. The van der Waals surface area contributed by atoms with Crippen LogP contribution in [0.15, 0.2) is 0 Å². The summed E-state index contributed by atoms with van der Waals surface area (Å²) >= 11 is 0. The molecule has 0 bridgehead atoms. The lowest BCUT2D eigenvalue weighted by Gasteiger charge is -2.41. The summed E-state index contributed by atoms with van der Waals surface area (Å²) in [5.41, 5.74) is 6.21. The minimum Gasteiger partial charge on any atom is -0.326 e. The molecular formula is C9H20N2. The van der Waals surface area contributed by atoms with Gasteiger partial charge in [0.25, 0.3) is 0 Å². The van der Waals surface area contributed by atoms with Crippen LogP contribution >= 0.6 is 0 Å². The van der Waals surface area contributed by atoms with Crippen molar-refractivity contribution < 1.29 is 0 Å². The van der Waals surface area contributed by atoms with Crippen LogP contribution in [0, 0.1) is 5.92 Å². The zero-order valence-electron chi connectivity index (χ0n) is 7.85. The second-order valence-electron chi connectivity index (χ2n) is 4.19. The average molecular weight is 156 g/mol. The summed E-state index contributed by atoms with van der Waals surface area (Å²) in [5.74, 6) is 0.762. The second-order valence-corrected chi connectivity index (χ2v) is 4.19. The Hall–Kier alpha value is -0.0800. The molecule has 1 saturated carbocycles. The molecular weight excluding hydrogens is 136 g/mol. The monoisotopic (exact) mass is 156 g/mol. The van der Waals surface area contributed by atoms with Gasteiger partial charge in [0.1, 0.15) is 0 Å². The largest absolute Gasteiger partial charge is 0.326 e. The molecule has 0 radical (unpaired) electrons. The summed E-state index contributed by atoms with van der Waals surface area (Å²) in [6, 6.07) is 0.321. The minimum atomic E-state index is 0.102. The zero-order valence-corrected chi connectivity index (χ0v) is 7.85. The predicted molar refractivity (Wildman–Crippen MR) is 48.5 cm³/mol. The number of rotatable bonds is 3. The SMILES string of the molecule is CNC(C)(C)C(N)C1CCC1. The Balaban J connectivity index is 2.44. The van der Waals surface area contributed by atoms with Crippen molar-refractivity contribution in [2.45, 2.75) is 44.7 Å². The van der Waals surface area contributed by atoms with Gasteiger partial charge in [0.05, 0.1) is 0 Å². The van der Waals surface area contributed by atoms with Gasteiger partial charge in [-0.1, -0.05) is 6.42 Å². The fraction of sp³-hybridized carbons (Fsp3) is 1.00. The number of hydrogen-bond acceptors (Lipinski definition) is 2. The number of hydrogen-bond donors (Lipinski definition) is 2. The molecule has 66 valence electrons. The molecule has 0 aromatic rings. The third kappa shape index (κ3) is 1.74. The van der Waals surface area contributed by atoms with E-state index >= 15 is 0 Å². The molecule has 1 fully saturated rings. The Bertz CT molecular complexity index is 128. The number of nitrogens with two attached hydrogens (primary N) is 1. The van der Waals surface area contributed by atoms with Gasteiger partial charge in [-0.05, 0) is 39.7 Å². The Kier molecular flexibility index (Phi) is 2.55. The Labute approximate surface area is 69.5 Å². The highest BCUT2D eigenvalue weighted by Crippen LogP contribution is 2.32. The van der Waals surface area contributed by atoms with E-state index in [0.29, 0.717) is 6.04 Å². The lowest BCUT2D eigenvalue weighted by molar-refractivity contribution is 0.182. The molecule has 0 aromatic heterocycles. The van der Waals surface area contributed by atoms with E-state index in [4.69, 9.17) is 5.73 Å². The summed E-state index contributed by atoms with van der Waals surface area (Å²) in [5, 5.41) is 3.27. The van der Waals surface area contributed by atoms with E-state index in [1.807, 2.05) is 7.05 Å². The van der Waals surface area contributed by atoms with Crippen LogP contribution in [0.4, 0.5) is 0 Å². The van der Waals surface area contributed by atoms with Crippen molar-refractivity contribution in [2.75, 3.05) is 7.05 Å². The van der Waals surface area contributed by atoms with Gasteiger partial charge in [0.2, 0.25) is 0 Å². The quantitative estimate of drug-likeness (QED) is 0.642. The molecule has 0 aliphatic heterocycles. The van der Waals surface area contributed by atoms with Crippen molar-refractivity contribution >= 4 is 0 Å². The lowest BCUT2D eigenvalue weighted by Crippen LogP contribution is -2.57. The van der Waals surface area contributed by atoms with Crippen molar-refractivity contribution in [3.63, 3.8) is 0 Å². The van der Waals surface area contributed by atoms with E-state index in [1.54, 1.807) is 0 Å². The first-order valence-electron chi connectivity index (χ1n) is 4.52. The molecule has 1 aliphatic carbocycles. The maximum absolute atomic E-state index is 6.10. The van der Waals surface area contributed by atoms with Gasteiger partial charge < -0.3 is 11.1 Å². The molecule has 0 heterocycles. The van der Waals surface area contributed by atoms with Crippen molar-refractivity contribution in [2.24, 2.45) is 11.7 Å². The van der Waals surface area contributed by atoms with E-state index in [2.05, 4.69) is 19.2 Å². The van der Waals surface area contributed by atoms with E-state index in [9.17, 15) is 0 Å². The van der Waals surface area contributed by atoms with Gasteiger partial charge in [-0.2, -0.15) is 0 Å². The zero-order chi connectivity index (χ0) is 8.48.